The van der Waals surface area contributed by atoms with Crippen molar-refractivity contribution in [3.05, 3.63) is 0 Å². The van der Waals surface area contributed by atoms with Crippen LogP contribution in [-0.4, -0.2) is 74.3 Å². The van der Waals surface area contributed by atoms with Crippen molar-refractivity contribution < 1.29 is 16.4 Å². The number of rotatable bonds is 0. The van der Waals surface area contributed by atoms with E-state index in [1.54, 1.807) is 0 Å². The fourth-order valence-corrected chi connectivity index (χ4v) is 0. The van der Waals surface area contributed by atoms with Gasteiger partial charge in [-0.05, 0) is 0 Å². The van der Waals surface area contributed by atoms with Crippen LogP contribution in [0.1, 0.15) is 0 Å². The predicted molar refractivity (Wildman–Crippen MR) is 25.1 cm³/mol. The Morgan fingerprint density at radius 1 is 0.429 bits per heavy atom. The molecule has 0 aromatic carbocycles. The van der Waals surface area contributed by atoms with E-state index in [9.17, 15) is 0 Å². The summed E-state index contributed by atoms with van der Waals surface area (Å²) in [5.41, 5.74) is 0. The molecular formula is Al2Ga2O3. The molecule has 6 radical (unpaired) electrons. The van der Waals surface area contributed by atoms with Crippen LogP contribution >= 0.6 is 0 Å². The Morgan fingerprint density at radius 3 is 0.429 bits per heavy atom. The third kappa shape index (κ3) is 64.6. The Balaban J connectivity index is 0. The second-order valence-electron chi connectivity index (χ2n) is 0. The van der Waals surface area contributed by atoms with Gasteiger partial charge in [-0.3, -0.25) is 0 Å². The summed E-state index contributed by atoms with van der Waals surface area (Å²) in [5, 5.41) is 0. The van der Waals surface area contributed by atoms with Crippen LogP contribution in [0.2, 0.25) is 0 Å². The zero-order valence-corrected chi connectivity index (χ0v) is 10.7. The molecule has 0 aromatic rings. The molecule has 3 nitrogen and oxygen atoms in total. The molecule has 0 fully saturated rings. The fourth-order valence-electron chi connectivity index (χ4n) is 0. The van der Waals surface area contributed by atoms with Gasteiger partial charge < -0.3 is 16.4 Å². The van der Waals surface area contributed by atoms with Crippen LogP contribution in [0, 0.1) is 0 Å². The minimum atomic E-state index is 0. The van der Waals surface area contributed by atoms with E-state index in [2.05, 4.69) is 0 Å². The Hall–Kier alpha value is 2.22. The maximum atomic E-state index is 0. The molecule has 0 heterocycles. The van der Waals surface area contributed by atoms with Crippen LogP contribution < -0.4 is 0 Å². The van der Waals surface area contributed by atoms with E-state index in [0.29, 0.717) is 0 Å². The van der Waals surface area contributed by atoms with Crippen molar-refractivity contribution in [1.82, 2.24) is 0 Å². The van der Waals surface area contributed by atoms with E-state index in [4.69, 9.17) is 0 Å². The summed E-state index contributed by atoms with van der Waals surface area (Å²) in [5.74, 6) is 0. The normalized spacial score (nSPS) is 0. The summed E-state index contributed by atoms with van der Waals surface area (Å²) in [6.07, 6.45) is 0. The first-order valence-corrected chi connectivity index (χ1v) is 0. The molecule has 0 aromatic heterocycles. The monoisotopic (exact) mass is 240 g/mol. The van der Waals surface area contributed by atoms with Gasteiger partial charge >= 0.3 is 34.7 Å². The Labute approximate surface area is 89.9 Å². The van der Waals surface area contributed by atoms with E-state index < -0.39 is 0 Å². The van der Waals surface area contributed by atoms with Crippen LogP contribution in [0.4, 0.5) is 0 Å². The van der Waals surface area contributed by atoms with Gasteiger partial charge in [-0.2, -0.15) is 0 Å². The van der Waals surface area contributed by atoms with Crippen molar-refractivity contribution in [2.24, 2.45) is 0 Å². The molecule has 0 rings (SSSR count). The first-order chi connectivity index (χ1) is 0. The van der Waals surface area contributed by atoms with Crippen LogP contribution in [0.25, 0.3) is 0 Å². The SMILES string of the molecule is [Al+3].[Al+3].[Ga].[Ga].[O-2].[O-2].[O-2]. The summed E-state index contributed by atoms with van der Waals surface area (Å²) in [4.78, 5) is 0. The zero-order valence-electron chi connectivity index (χ0n) is 3.53. The molecular weight excluding hydrogens is 241 g/mol. The minimum absolute atomic E-state index is 0. The van der Waals surface area contributed by atoms with Gasteiger partial charge in [0.05, 0.1) is 0 Å². The maximum absolute atomic E-state index is 0. The van der Waals surface area contributed by atoms with E-state index in [1.165, 1.54) is 0 Å². The molecule has 0 unspecified atom stereocenters. The van der Waals surface area contributed by atoms with Crippen LogP contribution in [0.3, 0.4) is 0 Å². The molecule has 0 aliphatic rings. The third-order valence-corrected chi connectivity index (χ3v) is 0. The van der Waals surface area contributed by atoms with Crippen molar-refractivity contribution >= 4 is 74.3 Å². The van der Waals surface area contributed by atoms with Crippen molar-refractivity contribution in [3.63, 3.8) is 0 Å². The molecule has 0 N–H and O–H groups in total. The molecule has 0 amide bonds. The van der Waals surface area contributed by atoms with Crippen molar-refractivity contribution in [1.29, 1.82) is 0 Å². The maximum Gasteiger partial charge on any atom is 3.00 e. The van der Waals surface area contributed by atoms with Gasteiger partial charge in [-0.15, -0.1) is 0 Å². The molecule has 0 saturated heterocycles. The Morgan fingerprint density at radius 2 is 0.429 bits per heavy atom. The van der Waals surface area contributed by atoms with Gasteiger partial charge in [-0.25, -0.2) is 0 Å². The van der Waals surface area contributed by atoms with Crippen LogP contribution in [0.5, 0.6) is 0 Å². The van der Waals surface area contributed by atoms with Gasteiger partial charge in [-0.1, -0.05) is 0 Å². The topological polar surface area (TPSA) is 85.5 Å². The third-order valence-electron chi connectivity index (χ3n) is 0. The molecule has 0 atom stereocenters. The smallest absolute Gasteiger partial charge is 2.00 e. The van der Waals surface area contributed by atoms with Gasteiger partial charge in [0.25, 0.3) is 0 Å². The van der Waals surface area contributed by atoms with Crippen LogP contribution in [0.15, 0.2) is 0 Å². The predicted octanol–water partition coefficient (Wildman–Crippen LogP) is -1.88. The molecule has 0 bridgehead atoms. The van der Waals surface area contributed by atoms with E-state index in [-0.39, 0.29) is 90.7 Å². The minimum Gasteiger partial charge on any atom is -2.00 e. The summed E-state index contributed by atoms with van der Waals surface area (Å²) in [7, 11) is 0. The molecule has 0 aliphatic carbocycles. The Kier molecular flexibility index (Phi) is 1570. The van der Waals surface area contributed by atoms with Gasteiger partial charge in [0.2, 0.25) is 0 Å². The summed E-state index contributed by atoms with van der Waals surface area (Å²) in [6.45, 7) is 0. The standard InChI is InChI=1S/2Al.2Ga.3O/q2*+3;;;3*-2. The number of hydrogen-bond acceptors (Lipinski definition) is 0. The van der Waals surface area contributed by atoms with Crippen LogP contribution in [-0.2, 0) is 16.4 Å². The largest absolute Gasteiger partial charge is 3.00 e. The van der Waals surface area contributed by atoms with Gasteiger partial charge in [0, 0.05) is 39.6 Å². The van der Waals surface area contributed by atoms with E-state index >= 15 is 0 Å². The molecule has 7 heavy (non-hydrogen) atoms. The van der Waals surface area contributed by atoms with Crippen molar-refractivity contribution in [3.8, 4) is 0 Å². The molecule has 0 aliphatic heterocycles. The number of hydrogen-bond donors (Lipinski definition) is 0. The van der Waals surface area contributed by atoms with E-state index in [1.807, 2.05) is 0 Å². The average molecular weight is 241 g/mol. The van der Waals surface area contributed by atoms with Crippen molar-refractivity contribution in [2.75, 3.05) is 0 Å². The molecule has 7 heteroatoms. The van der Waals surface area contributed by atoms with Crippen molar-refractivity contribution in [2.45, 2.75) is 0 Å². The van der Waals surface area contributed by atoms with Gasteiger partial charge in [0.1, 0.15) is 0 Å². The molecule has 0 spiro atoms. The first-order valence-electron chi connectivity index (χ1n) is 0. The quantitative estimate of drug-likeness (QED) is 0.445. The zero-order chi connectivity index (χ0) is 0. The van der Waals surface area contributed by atoms with E-state index in [0.717, 1.165) is 0 Å². The first kappa shape index (κ1) is 127. The Bertz CT molecular complexity index is 10.9. The fraction of sp³-hybridized carbons (Fsp3) is 0. The second-order valence-corrected chi connectivity index (χ2v) is 0. The molecule has 0 saturated carbocycles. The second kappa shape index (κ2) is 87.0. The van der Waals surface area contributed by atoms with Gasteiger partial charge in [0.15, 0.2) is 0 Å². The summed E-state index contributed by atoms with van der Waals surface area (Å²) in [6, 6.07) is 0. The summed E-state index contributed by atoms with van der Waals surface area (Å²) >= 11 is 0. The summed E-state index contributed by atoms with van der Waals surface area (Å²) < 4.78 is 0. The average Bonchev–Trinajstić information content (AvgIpc) is 0. The molecule has 30 valence electrons.